The van der Waals surface area contributed by atoms with Crippen LogP contribution in [-0.2, 0) is 12.8 Å². The molecule has 4 nitrogen and oxygen atoms in total. The second kappa shape index (κ2) is 8.77. The molecule has 0 aliphatic carbocycles. The first-order chi connectivity index (χ1) is 13.1. The Bertz CT molecular complexity index is 985. The van der Waals surface area contributed by atoms with Crippen molar-refractivity contribution in [3.05, 3.63) is 81.5 Å². The molecule has 0 N–H and O–H groups in total. The van der Waals surface area contributed by atoms with Crippen molar-refractivity contribution in [3.8, 4) is 23.4 Å². The smallest absolute Gasteiger partial charge is 0.236 e. The highest BCUT2D eigenvalue weighted by Crippen LogP contribution is 2.37. The Morgan fingerprint density at radius 3 is 2.52 bits per heavy atom. The van der Waals surface area contributed by atoms with Crippen molar-refractivity contribution in [1.29, 1.82) is 5.26 Å². The third kappa shape index (κ3) is 4.91. The average Bonchev–Trinajstić information content (AvgIpc) is 2.68. The van der Waals surface area contributed by atoms with E-state index in [9.17, 15) is 0 Å². The lowest BCUT2D eigenvalue weighted by molar-refractivity contribution is 0.390. The molecule has 6 heteroatoms. The summed E-state index contributed by atoms with van der Waals surface area (Å²) in [5, 5.41) is 9.76. The van der Waals surface area contributed by atoms with Gasteiger partial charge in [-0.25, -0.2) is 4.98 Å². The molecule has 0 unspecified atom stereocenters. The highest BCUT2D eigenvalue weighted by Gasteiger charge is 2.14. The standard InChI is InChI=1S/C21H16Cl2N2O2/c1-26-21-20(23)19(27-18-10-15(13-24)9-16(22)11-18)12-17(25-21)8-7-14-5-3-2-4-6-14/h2-6,9-12H,7-8H2,1H3. The van der Waals surface area contributed by atoms with Gasteiger partial charge >= 0.3 is 0 Å². The number of nitriles is 1. The molecule has 0 aliphatic rings. The molecular weight excluding hydrogens is 383 g/mol. The largest absolute Gasteiger partial charge is 0.480 e. The van der Waals surface area contributed by atoms with E-state index in [1.54, 1.807) is 24.3 Å². The van der Waals surface area contributed by atoms with E-state index in [-0.39, 0.29) is 5.02 Å². The first-order valence-corrected chi connectivity index (χ1v) is 9.00. The number of hydrogen-bond donors (Lipinski definition) is 0. The topological polar surface area (TPSA) is 55.1 Å². The van der Waals surface area contributed by atoms with E-state index in [1.165, 1.54) is 12.7 Å². The summed E-state index contributed by atoms with van der Waals surface area (Å²) in [6.07, 6.45) is 1.53. The maximum absolute atomic E-state index is 9.09. The van der Waals surface area contributed by atoms with Crippen LogP contribution in [0.5, 0.6) is 17.4 Å². The van der Waals surface area contributed by atoms with Crippen molar-refractivity contribution in [2.24, 2.45) is 0 Å². The molecule has 3 aromatic rings. The van der Waals surface area contributed by atoms with Crippen molar-refractivity contribution in [1.82, 2.24) is 4.98 Å². The summed E-state index contributed by atoms with van der Waals surface area (Å²) in [6.45, 7) is 0. The van der Waals surface area contributed by atoms with E-state index in [1.807, 2.05) is 24.3 Å². The molecule has 1 heterocycles. The minimum Gasteiger partial charge on any atom is -0.480 e. The predicted octanol–water partition coefficient (Wildman–Crippen LogP) is 5.85. The molecule has 1 aromatic heterocycles. The van der Waals surface area contributed by atoms with Crippen LogP contribution in [0.3, 0.4) is 0 Å². The molecule has 3 rings (SSSR count). The van der Waals surface area contributed by atoms with E-state index in [4.69, 9.17) is 37.9 Å². The van der Waals surface area contributed by atoms with Crippen LogP contribution in [0, 0.1) is 11.3 Å². The van der Waals surface area contributed by atoms with Crippen molar-refractivity contribution in [2.75, 3.05) is 7.11 Å². The van der Waals surface area contributed by atoms with Gasteiger partial charge in [0, 0.05) is 16.8 Å². The molecule has 2 aromatic carbocycles. The number of benzene rings is 2. The van der Waals surface area contributed by atoms with Gasteiger partial charge in [-0.2, -0.15) is 5.26 Å². The predicted molar refractivity (Wildman–Crippen MR) is 106 cm³/mol. The minimum atomic E-state index is 0.263. The van der Waals surface area contributed by atoms with Gasteiger partial charge in [0.15, 0.2) is 5.75 Å². The summed E-state index contributed by atoms with van der Waals surface area (Å²) in [6, 6.07) is 18.7. The Morgan fingerprint density at radius 1 is 1.04 bits per heavy atom. The molecule has 0 aliphatic heterocycles. The summed E-state index contributed by atoms with van der Waals surface area (Å²) in [4.78, 5) is 4.45. The molecule has 0 atom stereocenters. The fourth-order valence-electron chi connectivity index (χ4n) is 2.60. The lowest BCUT2D eigenvalue weighted by atomic mass is 10.1. The molecular formula is C21H16Cl2N2O2. The third-order valence-electron chi connectivity index (χ3n) is 3.88. The molecule has 0 saturated heterocycles. The van der Waals surface area contributed by atoms with Crippen LogP contribution < -0.4 is 9.47 Å². The van der Waals surface area contributed by atoms with Crippen LogP contribution >= 0.6 is 23.2 Å². The van der Waals surface area contributed by atoms with E-state index >= 15 is 0 Å². The number of pyridine rings is 1. The van der Waals surface area contributed by atoms with Crippen molar-refractivity contribution >= 4 is 23.2 Å². The number of rotatable bonds is 6. The van der Waals surface area contributed by atoms with E-state index in [0.717, 1.165) is 12.1 Å². The highest BCUT2D eigenvalue weighted by atomic mass is 35.5. The zero-order chi connectivity index (χ0) is 19.2. The van der Waals surface area contributed by atoms with Crippen LogP contribution in [0.15, 0.2) is 54.6 Å². The maximum Gasteiger partial charge on any atom is 0.236 e. The second-order valence-electron chi connectivity index (χ2n) is 5.81. The number of methoxy groups -OCH3 is 1. The highest BCUT2D eigenvalue weighted by molar-refractivity contribution is 6.33. The first kappa shape index (κ1) is 19.0. The number of halogens is 2. The Labute approximate surface area is 167 Å². The number of nitrogens with zero attached hydrogens (tertiary/aromatic N) is 2. The molecule has 0 saturated carbocycles. The summed E-state index contributed by atoms with van der Waals surface area (Å²) < 4.78 is 11.2. The summed E-state index contributed by atoms with van der Waals surface area (Å²) in [7, 11) is 1.51. The molecule has 0 amide bonds. The quantitative estimate of drug-likeness (QED) is 0.522. The molecule has 136 valence electrons. The average molecular weight is 399 g/mol. The monoisotopic (exact) mass is 398 g/mol. The fraction of sp³-hybridized carbons (Fsp3) is 0.143. The van der Waals surface area contributed by atoms with E-state index in [0.29, 0.717) is 34.4 Å². The van der Waals surface area contributed by atoms with Gasteiger partial charge in [-0.1, -0.05) is 53.5 Å². The van der Waals surface area contributed by atoms with Crippen LogP contribution in [0.2, 0.25) is 10.0 Å². The maximum atomic E-state index is 9.09. The normalized spacial score (nSPS) is 10.3. The summed E-state index contributed by atoms with van der Waals surface area (Å²) >= 11 is 12.4. The summed E-state index contributed by atoms with van der Waals surface area (Å²) in [5.74, 6) is 1.11. The number of hydrogen-bond acceptors (Lipinski definition) is 4. The zero-order valence-corrected chi connectivity index (χ0v) is 16.1. The van der Waals surface area contributed by atoms with Crippen LogP contribution in [0.1, 0.15) is 16.8 Å². The Balaban J connectivity index is 1.88. The minimum absolute atomic E-state index is 0.263. The molecule has 27 heavy (non-hydrogen) atoms. The summed E-state index contributed by atoms with van der Waals surface area (Å²) in [5.41, 5.74) is 2.40. The Kier molecular flexibility index (Phi) is 6.18. The number of aryl methyl sites for hydroxylation is 2. The van der Waals surface area contributed by atoms with Crippen molar-refractivity contribution < 1.29 is 9.47 Å². The lowest BCUT2D eigenvalue weighted by Crippen LogP contribution is -2.00. The second-order valence-corrected chi connectivity index (χ2v) is 6.62. The van der Waals surface area contributed by atoms with Gasteiger partial charge < -0.3 is 9.47 Å². The van der Waals surface area contributed by atoms with Crippen molar-refractivity contribution in [2.45, 2.75) is 12.8 Å². The Hall–Kier alpha value is -2.74. The van der Waals surface area contributed by atoms with Crippen LogP contribution in [0.25, 0.3) is 0 Å². The number of aromatic nitrogens is 1. The fourth-order valence-corrected chi connectivity index (χ4v) is 3.04. The van der Waals surface area contributed by atoms with Gasteiger partial charge in [-0.15, -0.1) is 0 Å². The van der Waals surface area contributed by atoms with E-state index < -0.39 is 0 Å². The SMILES string of the molecule is COc1nc(CCc2ccccc2)cc(Oc2cc(Cl)cc(C#N)c2)c1Cl. The lowest BCUT2D eigenvalue weighted by Gasteiger charge is -2.13. The van der Waals surface area contributed by atoms with Crippen molar-refractivity contribution in [3.63, 3.8) is 0 Å². The van der Waals surface area contributed by atoms with Gasteiger partial charge in [0.05, 0.1) is 18.7 Å². The molecule has 0 fully saturated rings. The van der Waals surface area contributed by atoms with Gasteiger partial charge in [0.1, 0.15) is 10.8 Å². The van der Waals surface area contributed by atoms with Gasteiger partial charge in [0.2, 0.25) is 5.88 Å². The van der Waals surface area contributed by atoms with Gasteiger partial charge in [-0.3, -0.25) is 0 Å². The van der Waals surface area contributed by atoms with Crippen LogP contribution in [0.4, 0.5) is 0 Å². The molecule has 0 radical (unpaired) electrons. The zero-order valence-electron chi connectivity index (χ0n) is 14.6. The van der Waals surface area contributed by atoms with Gasteiger partial charge in [-0.05, 0) is 36.6 Å². The molecule has 0 spiro atoms. The molecule has 0 bridgehead atoms. The van der Waals surface area contributed by atoms with Crippen LogP contribution in [-0.4, -0.2) is 12.1 Å². The Morgan fingerprint density at radius 2 is 1.81 bits per heavy atom. The first-order valence-electron chi connectivity index (χ1n) is 8.25. The van der Waals surface area contributed by atoms with E-state index in [2.05, 4.69) is 17.1 Å². The third-order valence-corrected chi connectivity index (χ3v) is 4.45. The number of ether oxygens (including phenoxy) is 2. The van der Waals surface area contributed by atoms with Gasteiger partial charge in [0.25, 0.3) is 0 Å².